The maximum absolute atomic E-state index is 13.0. The molecule has 3 aromatic carbocycles. The second-order valence-corrected chi connectivity index (χ2v) is 12.9. The molecule has 0 aliphatic carbocycles. The number of nitrogens with zero attached hydrogens (tertiary/aromatic N) is 1. The Labute approximate surface area is 260 Å². The number of fused-ring (bicyclic) bond motifs is 1. The normalized spacial score (nSPS) is 12.2. The van der Waals surface area contributed by atoms with Gasteiger partial charge in [-0.3, -0.25) is 9.59 Å². The van der Waals surface area contributed by atoms with E-state index in [1.807, 2.05) is 19.9 Å². The summed E-state index contributed by atoms with van der Waals surface area (Å²) >= 11 is 0. The van der Waals surface area contributed by atoms with Crippen molar-refractivity contribution in [1.29, 1.82) is 0 Å². The van der Waals surface area contributed by atoms with Gasteiger partial charge in [-0.05, 0) is 85.2 Å². The summed E-state index contributed by atoms with van der Waals surface area (Å²) in [5.74, 6) is -0.222. The van der Waals surface area contributed by atoms with Crippen molar-refractivity contribution in [3.63, 3.8) is 0 Å². The fraction of sp³-hybridized carbons (Fsp3) is 0.371. The van der Waals surface area contributed by atoms with Gasteiger partial charge in [0.1, 0.15) is 5.75 Å². The van der Waals surface area contributed by atoms with Gasteiger partial charge in [-0.1, -0.05) is 51.1 Å². The number of rotatable bonds is 14. The quantitative estimate of drug-likeness (QED) is 0.176. The predicted molar refractivity (Wildman–Crippen MR) is 175 cm³/mol. The largest absolute Gasteiger partial charge is 0.496 e. The van der Waals surface area contributed by atoms with E-state index in [4.69, 9.17) is 4.74 Å². The van der Waals surface area contributed by atoms with E-state index in [0.717, 1.165) is 53.4 Å². The van der Waals surface area contributed by atoms with Gasteiger partial charge in [-0.15, -0.1) is 0 Å². The molecule has 1 atom stereocenters. The Morgan fingerprint density at radius 2 is 1.73 bits per heavy atom. The molecule has 0 saturated carbocycles. The van der Waals surface area contributed by atoms with E-state index >= 15 is 0 Å². The minimum Gasteiger partial charge on any atom is -0.496 e. The number of aryl methyl sites for hydroxylation is 2. The van der Waals surface area contributed by atoms with E-state index in [-0.39, 0.29) is 22.3 Å². The molecule has 1 unspecified atom stereocenters. The zero-order valence-corrected chi connectivity index (χ0v) is 27.1. The number of hydrogen-bond donors (Lipinski definition) is 2. The molecule has 44 heavy (non-hydrogen) atoms. The van der Waals surface area contributed by atoms with E-state index in [1.54, 1.807) is 37.3 Å². The molecule has 0 radical (unpaired) electrons. The third-order valence-corrected chi connectivity index (χ3v) is 9.42. The topological polar surface area (TPSA) is 106 Å². The maximum atomic E-state index is 13.0. The first-order chi connectivity index (χ1) is 21.1. The number of carbonyl (C=O) groups excluding carboxylic acids is 2. The molecule has 234 valence electrons. The van der Waals surface area contributed by atoms with Crippen molar-refractivity contribution >= 4 is 32.7 Å². The summed E-state index contributed by atoms with van der Waals surface area (Å²) in [5, 5.41) is 4.15. The van der Waals surface area contributed by atoms with Crippen LogP contribution in [-0.4, -0.2) is 38.5 Å². The van der Waals surface area contributed by atoms with Gasteiger partial charge in [0.05, 0.1) is 12.0 Å². The van der Waals surface area contributed by atoms with Gasteiger partial charge in [0.15, 0.2) is 0 Å². The first-order valence-corrected chi connectivity index (χ1v) is 16.8. The smallest absolute Gasteiger partial charge is 0.265 e. The molecular weight excluding hydrogens is 574 g/mol. The number of nitrogens with one attached hydrogen (secondary N) is 2. The van der Waals surface area contributed by atoms with Crippen LogP contribution in [0, 0.1) is 12.8 Å². The van der Waals surface area contributed by atoms with E-state index in [0.29, 0.717) is 30.7 Å². The zero-order valence-electron chi connectivity index (χ0n) is 26.3. The monoisotopic (exact) mass is 617 g/mol. The summed E-state index contributed by atoms with van der Waals surface area (Å²) in [6, 6.07) is 18.0. The van der Waals surface area contributed by atoms with Gasteiger partial charge in [0.2, 0.25) is 5.91 Å². The summed E-state index contributed by atoms with van der Waals surface area (Å²) in [4.78, 5) is 25.8. The van der Waals surface area contributed by atoms with E-state index in [1.165, 1.54) is 13.2 Å². The third-order valence-electron chi connectivity index (χ3n) is 7.93. The average molecular weight is 618 g/mol. The molecule has 4 aromatic rings. The van der Waals surface area contributed by atoms with Crippen molar-refractivity contribution < 1.29 is 22.7 Å². The molecule has 8 nitrogen and oxygen atoms in total. The highest BCUT2D eigenvalue weighted by Gasteiger charge is 2.22. The molecule has 9 heteroatoms. The Hall–Kier alpha value is -4.11. The number of ether oxygens (including phenoxy) is 1. The SMILES string of the molecule is CCCNC(=O)C(CC)Cc1ccc2c(c1)c(Cc1ccc(C(=O)NS(=O)(=O)c3ccccc3C)cc1OC)cn2CCC. The second kappa shape index (κ2) is 14.6. The van der Waals surface area contributed by atoms with Crippen LogP contribution in [0.4, 0.5) is 0 Å². The van der Waals surface area contributed by atoms with Crippen LogP contribution in [-0.2, 0) is 34.2 Å². The molecule has 0 bridgehead atoms. The van der Waals surface area contributed by atoms with Crippen molar-refractivity contribution in [3.8, 4) is 5.75 Å². The van der Waals surface area contributed by atoms with Gasteiger partial charge in [-0.2, -0.15) is 0 Å². The molecule has 0 saturated heterocycles. The van der Waals surface area contributed by atoms with Crippen molar-refractivity contribution in [3.05, 3.63) is 94.7 Å². The standard InChI is InChI=1S/C35H43N3O5S/c1-6-17-36-34(39)26(8-3)19-25-13-16-31-30(20-25)29(23-38(31)18-7-2)21-27-14-15-28(22-32(27)43-5)35(40)37-44(41,42)33-12-10-9-11-24(33)4/h9-16,20,22-23,26H,6-8,17-19,21H2,1-5H3,(H,36,39)(H,37,40). The van der Waals surface area contributed by atoms with Crippen LogP contribution in [0.25, 0.3) is 10.9 Å². The fourth-order valence-corrected chi connectivity index (χ4v) is 6.76. The van der Waals surface area contributed by atoms with Gasteiger partial charge >= 0.3 is 0 Å². The Morgan fingerprint density at radius 1 is 0.955 bits per heavy atom. The molecule has 1 aromatic heterocycles. The van der Waals surface area contributed by atoms with Gasteiger partial charge in [-0.25, -0.2) is 13.1 Å². The highest BCUT2D eigenvalue weighted by Crippen LogP contribution is 2.30. The lowest BCUT2D eigenvalue weighted by Gasteiger charge is -2.15. The number of benzene rings is 3. The number of hydrogen-bond acceptors (Lipinski definition) is 5. The first kappa shape index (κ1) is 32.8. The number of carbonyl (C=O) groups is 2. The second-order valence-electron chi connectivity index (χ2n) is 11.2. The highest BCUT2D eigenvalue weighted by molar-refractivity contribution is 7.90. The third kappa shape index (κ3) is 7.50. The van der Waals surface area contributed by atoms with Crippen LogP contribution >= 0.6 is 0 Å². The van der Waals surface area contributed by atoms with Crippen molar-refractivity contribution in [1.82, 2.24) is 14.6 Å². The molecule has 4 rings (SSSR count). The van der Waals surface area contributed by atoms with Crippen LogP contribution < -0.4 is 14.8 Å². The average Bonchev–Trinajstić information content (AvgIpc) is 3.34. The summed E-state index contributed by atoms with van der Waals surface area (Å²) in [7, 11) is -2.50. The van der Waals surface area contributed by atoms with Crippen LogP contribution in [0.2, 0.25) is 0 Å². The van der Waals surface area contributed by atoms with E-state index in [9.17, 15) is 18.0 Å². The van der Waals surface area contributed by atoms with Crippen LogP contribution in [0.15, 0.2) is 71.8 Å². The van der Waals surface area contributed by atoms with Crippen LogP contribution in [0.3, 0.4) is 0 Å². The lowest BCUT2D eigenvalue weighted by atomic mass is 9.94. The van der Waals surface area contributed by atoms with Crippen molar-refractivity contribution in [2.45, 2.75) is 71.2 Å². The van der Waals surface area contributed by atoms with Crippen molar-refractivity contribution in [2.75, 3.05) is 13.7 Å². The summed E-state index contributed by atoms with van der Waals surface area (Å²) in [6.45, 7) is 9.48. The number of aromatic nitrogens is 1. The zero-order chi connectivity index (χ0) is 31.9. The van der Waals surface area contributed by atoms with Crippen molar-refractivity contribution in [2.24, 2.45) is 5.92 Å². The Bertz CT molecular complexity index is 1740. The minimum absolute atomic E-state index is 0.0617. The maximum Gasteiger partial charge on any atom is 0.265 e. The summed E-state index contributed by atoms with van der Waals surface area (Å²) in [5.41, 5.74) is 4.96. The van der Waals surface area contributed by atoms with Gasteiger partial charge in [0, 0.05) is 48.1 Å². The molecule has 1 heterocycles. The molecule has 0 spiro atoms. The summed E-state index contributed by atoms with van der Waals surface area (Å²) in [6.07, 6.45) is 6.04. The fourth-order valence-electron chi connectivity index (χ4n) is 5.54. The van der Waals surface area contributed by atoms with E-state index < -0.39 is 15.9 Å². The molecule has 2 amide bonds. The highest BCUT2D eigenvalue weighted by atomic mass is 32.2. The molecular formula is C35H43N3O5S. The van der Waals surface area contributed by atoms with Gasteiger partial charge < -0.3 is 14.6 Å². The Balaban J connectivity index is 1.62. The van der Waals surface area contributed by atoms with Crippen LogP contribution in [0.1, 0.15) is 72.6 Å². The number of methoxy groups -OCH3 is 1. The lowest BCUT2D eigenvalue weighted by molar-refractivity contribution is -0.125. The predicted octanol–water partition coefficient (Wildman–Crippen LogP) is 6.17. The molecule has 0 aliphatic heterocycles. The first-order valence-electron chi connectivity index (χ1n) is 15.3. The minimum atomic E-state index is -4.04. The van der Waals surface area contributed by atoms with E-state index in [2.05, 4.69) is 45.9 Å². The van der Waals surface area contributed by atoms with Crippen LogP contribution in [0.5, 0.6) is 5.75 Å². The lowest BCUT2D eigenvalue weighted by Crippen LogP contribution is -2.32. The summed E-state index contributed by atoms with van der Waals surface area (Å²) < 4.78 is 35.9. The number of amides is 2. The Morgan fingerprint density at radius 3 is 2.41 bits per heavy atom. The van der Waals surface area contributed by atoms with Gasteiger partial charge in [0.25, 0.3) is 15.9 Å². The molecule has 2 N–H and O–H groups in total. The molecule has 0 aliphatic rings. The molecule has 0 fully saturated rings. The Kier molecular flexibility index (Phi) is 10.9. The number of sulfonamides is 1.